The van der Waals surface area contributed by atoms with E-state index in [1.165, 1.54) is 11.8 Å². The zero-order valence-corrected chi connectivity index (χ0v) is 9.96. The Hall–Kier alpha value is -1.20. The molecule has 1 atom stereocenters. The molecule has 0 saturated heterocycles. The topological polar surface area (TPSA) is 75.3 Å². The summed E-state index contributed by atoms with van der Waals surface area (Å²) in [5.74, 6) is -0.286. The van der Waals surface area contributed by atoms with E-state index in [0.717, 1.165) is 5.56 Å². The first kappa shape index (κ1) is 12.9. The van der Waals surface area contributed by atoms with Gasteiger partial charge in [0.25, 0.3) is 0 Å². The molecule has 4 nitrogen and oxygen atoms in total. The van der Waals surface area contributed by atoms with Gasteiger partial charge >= 0.3 is 5.97 Å². The van der Waals surface area contributed by atoms with Crippen LogP contribution in [0.1, 0.15) is 5.56 Å². The molecule has 0 aliphatic carbocycles. The molecule has 0 unspecified atom stereocenters. The first-order valence-corrected chi connectivity index (χ1v) is 6.33. The molecule has 1 aromatic rings. The second-order valence-electron chi connectivity index (χ2n) is 3.43. The van der Waals surface area contributed by atoms with Gasteiger partial charge in [-0.1, -0.05) is 18.2 Å². The standard InChI is InChI=1S/C11H16N2O2S/c1-16-7-10(11(14)15)13-6-8-4-2-3-5-9(8)12/h2-5,10,13H,6-7,12H2,1H3,(H,14,15)/t10-/m0/s1. The Bertz CT molecular complexity index is 358. The number of rotatable bonds is 6. The van der Waals surface area contributed by atoms with Gasteiger partial charge in [0.2, 0.25) is 0 Å². The van der Waals surface area contributed by atoms with Crippen LogP contribution >= 0.6 is 11.8 Å². The minimum Gasteiger partial charge on any atom is -0.480 e. The summed E-state index contributed by atoms with van der Waals surface area (Å²) in [5.41, 5.74) is 7.37. The maximum atomic E-state index is 10.9. The van der Waals surface area contributed by atoms with Crippen LogP contribution in [0, 0.1) is 0 Å². The minimum absolute atomic E-state index is 0.476. The van der Waals surface area contributed by atoms with E-state index in [0.29, 0.717) is 18.0 Å². The lowest BCUT2D eigenvalue weighted by Gasteiger charge is -2.14. The lowest BCUT2D eigenvalue weighted by molar-refractivity contribution is -0.138. The second-order valence-corrected chi connectivity index (χ2v) is 4.34. The molecule has 0 aromatic heterocycles. The van der Waals surface area contributed by atoms with Gasteiger partial charge in [0, 0.05) is 18.0 Å². The molecule has 0 spiro atoms. The lowest BCUT2D eigenvalue weighted by Crippen LogP contribution is -2.38. The molecule has 0 fully saturated rings. The third kappa shape index (κ3) is 3.75. The maximum absolute atomic E-state index is 10.9. The Kier molecular flexibility index (Phi) is 5.14. The molecule has 0 radical (unpaired) electrons. The number of hydrogen-bond acceptors (Lipinski definition) is 4. The van der Waals surface area contributed by atoms with E-state index >= 15 is 0 Å². The van der Waals surface area contributed by atoms with Crippen molar-refractivity contribution in [2.45, 2.75) is 12.6 Å². The number of nitrogens with one attached hydrogen (secondary N) is 1. The van der Waals surface area contributed by atoms with Crippen molar-refractivity contribution in [3.05, 3.63) is 29.8 Å². The highest BCUT2D eigenvalue weighted by Gasteiger charge is 2.15. The first-order chi connectivity index (χ1) is 7.65. The molecule has 0 amide bonds. The van der Waals surface area contributed by atoms with Crippen molar-refractivity contribution >= 4 is 23.4 Å². The van der Waals surface area contributed by atoms with Gasteiger partial charge < -0.3 is 10.8 Å². The van der Waals surface area contributed by atoms with Gasteiger partial charge in [0.15, 0.2) is 0 Å². The molecule has 0 heterocycles. The third-order valence-electron chi connectivity index (χ3n) is 2.23. The molecule has 16 heavy (non-hydrogen) atoms. The molecule has 1 rings (SSSR count). The maximum Gasteiger partial charge on any atom is 0.321 e. The summed E-state index contributed by atoms with van der Waals surface area (Å²) in [6.07, 6.45) is 1.88. The highest BCUT2D eigenvalue weighted by atomic mass is 32.2. The summed E-state index contributed by atoms with van der Waals surface area (Å²) in [6.45, 7) is 0.476. The molecule has 0 bridgehead atoms. The number of carboxylic acid groups (broad SMARTS) is 1. The fourth-order valence-corrected chi connectivity index (χ4v) is 1.91. The van der Waals surface area contributed by atoms with E-state index in [4.69, 9.17) is 10.8 Å². The number of hydrogen-bond donors (Lipinski definition) is 3. The van der Waals surface area contributed by atoms with Crippen LogP contribution in [0.5, 0.6) is 0 Å². The van der Waals surface area contributed by atoms with Gasteiger partial charge in [0.1, 0.15) is 6.04 Å². The summed E-state index contributed by atoms with van der Waals surface area (Å²) in [7, 11) is 0. The highest BCUT2D eigenvalue weighted by molar-refractivity contribution is 7.98. The largest absolute Gasteiger partial charge is 0.480 e. The number of para-hydroxylation sites is 1. The Morgan fingerprint density at radius 1 is 1.56 bits per heavy atom. The molecule has 0 aliphatic rings. The van der Waals surface area contributed by atoms with Gasteiger partial charge in [-0.05, 0) is 17.9 Å². The summed E-state index contributed by atoms with van der Waals surface area (Å²) in [5, 5.41) is 11.9. The molecular formula is C11H16N2O2S. The Balaban J connectivity index is 2.55. The zero-order valence-electron chi connectivity index (χ0n) is 9.14. The van der Waals surface area contributed by atoms with Crippen molar-refractivity contribution in [2.75, 3.05) is 17.7 Å². The zero-order chi connectivity index (χ0) is 12.0. The minimum atomic E-state index is -0.830. The normalized spacial score (nSPS) is 12.3. The van der Waals surface area contributed by atoms with E-state index in [1.54, 1.807) is 6.07 Å². The quantitative estimate of drug-likeness (QED) is 0.651. The molecule has 0 saturated carbocycles. The number of benzene rings is 1. The van der Waals surface area contributed by atoms with Crippen molar-refractivity contribution in [1.29, 1.82) is 0 Å². The van der Waals surface area contributed by atoms with Gasteiger partial charge in [-0.3, -0.25) is 10.1 Å². The predicted molar refractivity (Wildman–Crippen MR) is 67.5 cm³/mol. The molecule has 88 valence electrons. The summed E-state index contributed by atoms with van der Waals surface area (Å²) in [4.78, 5) is 10.9. The van der Waals surface area contributed by atoms with Gasteiger partial charge in [-0.25, -0.2) is 0 Å². The highest BCUT2D eigenvalue weighted by Crippen LogP contribution is 2.10. The van der Waals surface area contributed by atoms with Gasteiger partial charge in [-0.2, -0.15) is 11.8 Å². The number of thioether (sulfide) groups is 1. The monoisotopic (exact) mass is 240 g/mol. The summed E-state index contributed by atoms with van der Waals surface area (Å²) in [6, 6.07) is 6.91. The smallest absolute Gasteiger partial charge is 0.321 e. The SMILES string of the molecule is CSC[C@H](NCc1ccccc1N)C(=O)O. The summed E-state index contributed by atoms with van der Waals surface area (Å²) < 4.78 is 0. The number of aliphatic carboxylic acids is 1. The van der Waals surface area contributed by atoms with Gasteiger partial charge in [0.05, 0.1) is 0 Å². The molecule has 4 N–H and O–H groups in total. The molecule has 5 heteroatoms. The van der Waals surface area contributed by atoms with Crippen molar-refractivity contribution < 1.29 is 9.90 Å². The number of nitrogens with two attached hydrogens (primary N) is 1. The number of anilines is 1. The van der Waals surface area contributed by atoms with E-state index in [-0.39, 0.29) is 0 Å². The first-order valence-electron chi connectivity index (χ1n) is 4.93. The lowest BCUT2D eigenvalue weighted by atomic mass is 10.2. The molecule has 0 aliphatic heterocycles. The second kappa shape index (κ2) is 6.40. The van der Waals surface area contributed by atoms with Crippen LogP contribution in [0.4, 0.5) is 5.69 Å². The molecular weight excluding hydrogens is 224 g/mol. The van der Waals surface area contributed by atoms with E-state index in [9.17, 15) is 4.79 Å². The third-order valence-corrected chi connectivity index (χ3v) is 2.89. The van der Waals surface area contributed by atoms with Crippen molar-refractivity contribution in [3.63, 3.8) is 0 Å². The van der Waals surface area contributed by atoms with E-state index in [1.807, 2.05) is 24.5 Å². The Labute approximate surface area is 99.2 Å². The van der Waals surface area contributed by atoms with Crippen molar-refractivity contribution in [1.82, 2.24) is 5.32 Å². The Morgan fingerprint density at radius 2 is 2.25 bits per heavy atom. The van der Waals surface area contributed by atoms with Crippen LogP contribution in [0.3, 0.4) is 0 Å². The van der Waals surface area contributed by atoms with Crippen LogP contribution in [-0.2, 0) is 11.3 Å². The Morgan fingerprint density at radius 3 is 2.81 bits per heavy atom. The van der Waals surface area contributed by atoms with Crippen LogP contribution < -0.4 is 11.1 Å². The summed E-state index contributed by atoms with van der Waals surface area (Å²) >= 11 is 1.50. The van der Waals surface area contributed by atoms with Crippen molar-refractivity contribution in [3.8, 4) is 0 Å². The number of nitrogen functional groups attached to an aromatic ring is 1. The van der Waals surface area contributed by atoms with Crippen LogP contribution in [-0.4, -0.2) is 29.1 Å². The average Bonchev–Trinajstić information content (AvgIpc) is 2.26. The van der Waals surface area contributed by atoms with E-state index < -0.39 is 12.0 Å². The fourth-order valence-electron chi connectivity index (χ4n) is 1.31. The number of carbonyl (C=O) groups is 1. The van der Waals surface area contributed by atoms with Gasteiger partial charge in [-0.15, -0.1) is 0 Å². The van der Waals surface area contributed by atoms with E-state index in [2.05, 4.69) is 5.32 Å². The average molecular weight is 240 g/mol. The number of carboxylic acids is 1. The van der Waals surface area contributed by atoms with Crippen LogP contribution in [0.15, 0.2) is 24.3 Å². The fraction of sp³-hybridized carbons (Fsp3) is 0.364. The molecule has 1 aromatic carbocycles. The van der Waals surface area contributed by atoms with Crippen LogP contribution in [0.25, 0.3) is 0 Å². The van der Waals surface area contributed by atoms with Crippen molar-refractivity contribution in [2.24, 2.45) is 0 Å². The predicted octanol–water partition coefficient (Wildman–Crippen LogP) is 1.17. The van der Waals surface area contributed by atoms with Crippen LogP contribution in [0.2, 0.25) is 0 Å².